The van der Waals surface area contributed by atoms with E-state index in [9.17, 15) is 24.5 Å². The topological polar surface area (TPSA) is 113 Å². The largest absolute Gasteiger partial charge is 0.343 e. The summed E-state index contributed by atoms with van der Waals surface area (Å²) < 4.78 is 0. The van der Waals surface area contributed by atoms with Crippen LogP contribution in [0.5, 0.6) is 0 Å². The predicted molar refractivity (Wildman–Crippen MR) is 107 cm³/mol. The van der Waals surface area contributed by atoms with Crippen LogP contribution in [-0.4, -0.2) is 65.2 Å². The van der Waals surface area contributed by atoms with E-state index >= 15 is 0 Å². The fourth-order valence-corrected chi connectivity index (χ4v) is 3.83. The first-order chi connectivity index (χ1) is 13.9. The van der Waals surface area contributed by atoms with E-state index in [-0.39, 0.29) is 29.3 Å². The van der Waals surface area contributed by atoms with Crippen molar-refractivity contribution in [2.24, 2.45) is 0 Å². The summed E-state index contributed by atoms with van der Waals surface area (Å²) in [4.78, 5) is 50.8. The first-order valence-corrected chi connectivity index (χ1v) is 9.83. The van der Waals surface area contributed by atoms with Gasteiger partial charge in [-0.1, -0.05) is 29.5 Å². The zero-order valence-corrected chi connectivity index (χ0v) is 16.6. The van der Waals surface area contributed by atoms with E-state index in [1.165, 1.54) is 12.1 Å². The van der Waals surface area contributed by atoms with Gasteiger partial charge in [0.25, 0.3) is 11.8 Å². The van der Waals surface area contributed by atoms with Crippen LogP contribution in [0, 0.1) is 17.0 Å². The van der Waals surface area contributed by atoms with Gasteiger partial charge in [0, 0.05) is 37.8 Å². The van der Waals surface area contributed by atoms with Crippen LogP contribution in [-0.2, 0) is 4.79 Å². The first kappa shape index (κ1) is 20.5. The maximum Gasteiger partial charge on any atom is 0.324 e. The molecule has 1 aliphatic rings. The van der Waals surface area contributed by atoms with Crippen molar-refractivity contribution >= 4 is 34.1 Å². The fourth-order valence-electron chi connectivity index (χ4n) is 3.05. The van der Waals surface area contributed by atoms with Crippen molar-refractivity contribution in [1.29, 1.82) is 0 Å². The van der Waals surface area contributed by atoms with Crippen LogP contribution in [0.15, 0.2) is 36.4 Å². The van der Waals surface area contributed by atoms with Crippen LogP contribution < -0.4 is 5.32 Å². The number of amides is 3. The highest BCUT2D eigenvalue weighted by atomic mass is 32.1. The molecule has 1 aliphatic heterocycles. The van der Waals surface area contributed by atoms with Crippen molar-refractivity contribution < 1.29 is 19.3 Å². The number of carbonyl (C=O) groups is 3. The van der Waals surface area contributed by atoms with Gasteiger partial charge in [0.1, 0.15) is 0 Å². The molecule has 1 N–H and O–H groups in total. The summed E-state index contributed by atoms with van der Waals surface area (Å²) in [5.41, 5.74) is 1.36. The van der Waals surface area contributed by atoms with Crippen molar-refractivity contribution in [2.75, 3.05) is 32.7 Å². The minimum absolute atomic E-state index is 0.0773. The summed E-state index contributed by atoms with van der Waals surface area (Å²) in [7, 11) is 0. The van der Waals surface area contributed by atoms with E-state index in [2.05, 4.69) is 5.32 Å². The van der Waals surface area contributed by atoms with Gasteiger partial charge in [-0.25, -0.2) is 0 Å². The van der Waals surface area contributed by atoms with Crippen molar-refractivity contribution in [2.45, 2.75) is 6.92 Å². The monoisotopic (exact) mass is 416 g/mol. The number of rotatable bonds is 5. The second-order valence-electron chi connectivity index (χ2n) is 6.57. The minimum atomic E-state index is -0.525. The highest BCUT2D eigenvalue weighted by molar-refractivity contribution is 7.17. The van der Waals surface area contributed by atoms with Crippen molar-refractivity contribution in [3.05, 3.63) is 62.5 Å². The van der Waals surface area contributed by atoms with Gasteiger partial charge in [-0.15, -0.1) is 0 Å². The molecule has 1 fully saturated rings. The zero-order chi connectivity index (χ0) is 21.0. The van der Waals surface area contributed by atoms with E-state index in [1.807, 2.05) is 19.1 Å². The van der Waals surface area contributed by atoms with E-state index in [0.29, 0.717) is 36.6 Å². The molecule has 152 valence electrons. The van der Waals surface area contributed by atoms with Crippen LogP contribution in [0.1, 0.15) is 25.6 Å². The number of piperazine rings is 1. The van der Waals surface area contributed by atoms with Crippen molar-refractivity contribution in [1.82, 2.24) is 15.1 Å². The Labute approximate surface area is 171 Å². The predicted octanol–water partition coefficient (Wildman–Crippen LogP) is 1.68. The lowest BCUT2D eigenvalue weighted by atomic mass is 10.1. The Morgan fingerprint density at radius 2 is 1.72 bits per heavy atom. The van der Waals surface area contributed by atoms with E-state index in [0.717, 1.165) is 16.9 Å². The number of benzene rings is 1. The van der Waals surface area contributed by atoms with E-state index in [1.54, 1.807) is 21.9 Å². The number of hydrogen-bond donors (Lipinski definition) is 1. The molecule has 0 atom stereocenters. The Kier molecular flexibility index (Phi) is 6.23. The fraction of sp³-hybridized carbons (Fsp3) is 0.316. The summed E-state index contributed by atoms with van der Waals surface area (Å²) in [5, 5.41) is 13.3. The SMILES string of the molecule is Cc1ccccc1C(=O)NCC(=O)N1CCN(C(=O)c2ccc([N+](=O)[O-])s2)CC1. The Morgan fingerprint density at radius 1 is 1.07 bits per heavy atom. The van der Waals surface area contributed by atoms with E-state index < -0.39 is 4.92 Å². The van der Waals surface area contributed by atoms with Gasteiger partial charge in [0.15, 0.2) is 0 Å². The van der Waals surface area contributed by atoms with Crippen LogP contribution in [0.2, 0.25) is 0 Å². The maximum atomic E-state index is 12.5. The van der Waals surface area contributed by atoms with Gasteiger partial charge in [0.05, 0.1) is 16.3 Å². The third-order valence-electron chi connectivity index (χ3n) is 4.69. The Balaban J connectivity index is 1.49. The molecule has 1 aromatic heterocycles. The maximum absolute atomic E-state index is 12.5. The summed E-state index contributed by atoms with van der Waals surface area (Å²) in [6.07, 6.45) is 0. The van der Waals surface area contributed by atoms with E-state index in [4.69, 9.17) is 0 Å². The Morgan fingerprint density at radius 3 is 2.34 bits per heavy atom. The number of nitrogens with one attached hydrogen (secondary N) is 1. The number of aryl methyl sites for hydroxylation is 1. The molecule has 10 heteroatoms. The van der Waals surface area contributed by atoms with Gasteiger partial charge in [-0.05, 0) is 24.6 Å². The minimum Gasteiger partial charge on any atom is -0.343 e. The number of nitro groups is 1. The molecule has 1 saturated heterocycles. The van der Waals surface area contributed by atoms with Gasteiger partial charge < -0.3 is 15.1 Å². The van der Waals surface area contributed by atoms with Crippen molar-refractivity contribution in [3.63, 3.8) is 0 Å². The summed E-state index contributed by atoms with van der Waals surface area (Å²) >= 11 is 0.842. The zero-order valence-electron chi connectivity index (χ0n) is 15.8. The molecule has 9 nitrogen and oxygen atoms in total. The molecule has 0 saturated carbocycles. The Hall–Kier alpha value is -3.27. The van der Waals surface area contributed by atoms with Crippen LogP contribution >= 0.6 is 11.3 Å². The molecule has 0 radical (unpaired) electrons. The van der Waals surface area contributed by atoms with Crippen molar-refractivity contribution in [3.8, 4) is 0 Å². The molecule has 3 rings (SSSR count). The summed E-state index contributed by atoms with van der Waals surface area (Å²) in [6.45, 7) is 3.08. The number of carbonyl (C=O) groups excluding carboxylic acids is 3. The number of thiophene rings is 1. The first-order valence-electron chi connectivity index (χ1n) is 9.02. The van der Waals surface area contributed by atoms with Gasteiger partial charge in [0.2, 0.25) is 5.91 Å². The third kappa shape index (κ3) is 4.77. The molecular weight excluding hydrogens is 396 g/mol. The quantitative estimate of drug-likeness (QED) is 0.589. The Bertz CT molecular complexity index is 950. The molecule has 29 heavy (non-hydrogen) atoms. The summed E-state index contributed by atoms with van der Waals surface area (Å²) in [6, 6.07) is 9.90. The lowest BCUT2D eigenvalue weighted by Gasteiger charge is -2.34. The third-order valence-corrected chi connectivity index (χ3v) is 5.72. The second-order valence-corrected chi connectivity index (χ2v) is 7.63. The summed E-state index contributed by atoms with van der Waals surface area (Å²) in [5.74, 6) is -0.793. The lowest BCUT2D eigenvalue weighted by molar-refractivity contribution is -0.380. The van der Waals surface area contributed by atoms with Crippen LogP contribution in [0.4, 0.5) is 5.00 Å². The van der Waals surface area contributed by atoms with Crippen LogP contribution in [0.3, 0.4) is 0 Å². The average molecular weight is 416 g/mol. The van der Waals surface area contributed by atoms with Gasteiger partial charge in [-0.3, -0.25) is 24.5 Å². The smallest absolute Gasteiger partial charge is 0.324 e. The normalized spacial score (nSPS) is 13.8. The number of nitrogens with zero attached hydrogens (tertiary/aromatic N) is 3. The van der Waals surface area contributed by atoms with Crippen LogP contribution in [0.25, 0.3) is 0 Å². The molecule has 2 aromatic rings. The van der Waals surface area contributed by atoms with Gasteiger partial charge in [-0.2, -0.15) is 0 Å². The molecule has 0 spiro atoms. The molecule has 0 bridgehead atoms. The molecule has 1 aromatic carbocycles. The molecule has 0 unspecified atom stereocenters. The molecular formula is C19H20N4O5S. The average Bonchev–Trinajstić information content (AvgIpc) is 3.22. The lowest BCUT2D eigenvalue weighted by Crippen LogP contribution is -2.52. The molecule has 2 heterocycles. The molecule has 3 amide bonds. The second kappa shape index (κ2) is 8.82. The highest BCUT2D eigenvalue weighted by Crippen LogP contribution is 2.25. The van der Waals surface area contributed by atoms with Gasteiger partial charge >= 0.3 is 5.00 Å². The molecule has 0 aliphatic carbocycles. The standard InChI is InChI=1S/C19H20N4O5S/c1-13-4-2-3-5-14(13)18(25)20-12-16(24)21-8-10-22(11-9-21)19(26)15-6-7-17(29-15)23(27)28/h2-7H,8-12H2,1H3,(H,20,25). The number of hydrogen-bond acceptors (Lipinski definition) is 6. The highest BCUT2D eigenvalue weighted by Gasteiger charge is 2.27.